The van der Waals surface area contributed by atoms with Gasteiger partial charge in [0.15, 0.2) is 5.17 Å². The largest absolute Gasteiger partial charge is 0.360 e. The summed E-state index contributed by atoms with van der Waals surface area (Å²) in [6.07, 6.45) is 3.84. The van der Waals surface area contributed by atoms with Crippen LogP contribution in [0.3, 0.4) is 0 Å². The van der Waals surface area contributed by atoms with Crippen LogP contribution in [0.15, 0.2) is 4.99 Å². The molecule has 1 aliphatic heterocycles. The van der Waals surface area contributed by atoms with Gasteiger partial charge in [-0.05, 0) is 32.1 Å². The van der Waals surface area contributed by atoms with Gasteiger partial charge in [0.1, 0.15) is 0 Å². The van der Waals surface area contributed by atoms with Crippen LogP contribution in [-0.4, -0.2) is 22.5 Å². The second-order valence-corrected chi connectivity index (χ2v) is 6.22. The van der Waals surface area contributed by atoms with Gasteiger partial charge in [0, 0.05) is 11.3 Å². The van der Waals surface area contributed by atoms with Gasteiger partial charge in [0.25, 0.3) is 0 Å². The minimum atomic E-state index is 0.387. The highest BCUT2D eigenvalue weighted by Gasteiger charge is 2.39. The Morgan fingerprint density at radius 1 is 1.57 bits per heavy atom. The zero-order chi connectivity index (χ0) is 10.2. The molecule has 2 nitrogen and oxygen atoms in total. The molecule has 0 amide bonds. The lowest BCUT2D eigenvalue weighted by Crippen LogP contribution is -2.31. The minimum absolute atomic E-state index is 0.387. The third kappa shape index (κ3) is 2.66. The first-order chi connectivity index (χ1) is 6.57. The zero-order valence-corrected chi connectivity index (χ0v) is 10.2. The Balaban J connectivity index is 1.83. The lowest BCUT2D eigenvalue weighted by Gasteiger charge is -2.11. The molecule has 2 rings (SSSR count). The molecule has 3 heteroatoms. The van der Waals surface area contributed by atoms with E-state index in [0.29, 0.717) is 11.6 Å². The maximum Gasteiger partial charge on any atom is 0.157 e. The SMILES string of the molecule is CC(C)CC1CSC(NC2(C)CC2)=N1. The molecule has 2 aliphatic rings. The second kappa shape index (κ2) is 3.76. The van der Waals surface area contributed by atoms with E-state index in [1.807, 2.05) is 11.8 Å². The summed E-state index contributed by atoms with van der Waals surface area (Å²) < 4.78 is 0. The van der Waals surface area contributed by atoms with Crippen LogP contribution in [0.25, 0.3) is 0 Å². The minimum Gasteiger partial charge on any atom is -0.360 e. The highest BCUT2D eigenvalue weighted by molar-refractivity contribution is 8.14. The molecule has 1 atom stereocenters. The van der Waals surface area contributed by atoms with E-state index in [-0.39, 0.29) is 0 Å². The van der Waals surface area contributed by atoms with Crippen molar-refractivity contribution in [1.29, 1.82) is 0 Å². The number of hydrogen-bond acceptors (Lipinski definition) is 3. The van der Waals surface area contributed by atoms with Crippen molar-refractivity contribution < 1.29 is 0 Å². The summed E-state index contributed by atoms with van der Waals surface area (Å²) in [6.45, 7) is 6.83. The topological polar surface area (TPSA) is 24.4 Å². The monoisotopic (exact) mass is 212 g/mol. The van der Waals surface area contributed by atoms with E-state index in [4.69, 9.17) is 4.99 Å². The van der Waals surface area contributed by atoms with E-state index in [1.54, 1.807) is 0 Å². The van der Waals surface area contributed by atoms with Gasteiger partial charge in [-0.25, -0.2) is 0 Å². The molecule has 1 aliphatic carbocycles. The van der Waals surface area contributed by atoms with Crippen LogP contribution in [0.5, 0.6) is 0 Å². The van der Waals surface area contributed by atoms with E-state index >= 15 is 0 Å². The molecular formula is C11H20N2S. The van der Waals surface area contributed by atoms with E-state index in [1.165, 1.54) is 30.2 Å². The van der Waals surface area contributed by atoms with Gasteiger partial charge in [-0.15, -0.1) is 0 Å². The molecule has 0 aromatic heterocycles. The van der Waals surface area contributed by atoms with Crippen molar-refractivity contribution in [3.05, 3.63) is 0 Å². The molecule has 1 fully saturated rings. The standard InChI is InChI=1S/C11H20N2S/c1-8(2)6-9-7-14-10(12-9)13-11(3)4-5-11/h8-9H,4-7H2,1-3H3,(H,12,13). The Labute approximate surface area is 90.9 Å². The molecule has 0 aromatic rings. The van der Waals surface area contributed by atoms with Crippen LogP contribution in [0.1, 0.15) is 40.0 Å². The Hall–Kier alpha value is -0.180. The van der Waals surface area contributed by atoms with E-state index in [2.05, 4.69) is 26.1 Å². The Morgan fingerprint density at radius 2 is 2.29 bits per heavy atom. The first-order valence-corrected chi connectivity index (χ1v) is 6.55. The van der Waals surface area contributed by atoms with Gasteiger partial charge in [-0.1, -0.05) is 25.6 Å². The third-order valence-electron chi connectivity index (χ3n) is 2.86. The fourth-order valence-corrected chi connectivity index (χ4v) is 2.82. The summed E-state index contributed by atoms with van der Waals surface area (Å²) in [5.74, 6) is 1.94. The average molecular weight is 212 g/mol. The summed E-state index contributed by atoms with van der Waals surface area (Å²) in [5, 5.41) is 4.74. The molecule has 0 aromatic carbocycles. The maximum absolute atomic E-state index is 4.72. The van der Waals surface area contributed by atoms with Gasteiger partial charge in [-0.2, -0.15) is 0 Å². The molecule has 0 saturated heterocycles. The summed E-state index contributed by atoms with van der Waals surface area (Å²) in [6, 6.07) is 0.560. The molecule has 1 N–H and O–H groups in total. The van der Waals surface area contributed by atoms with Crippen LogP contribution >= 0.6 is 11.8 Å². The molecule has 1 heterocycles. The number of aliphatic imine (C=N–C) groups is 1. The number of hydrogen-bond donors (Lipinski definition) is 1. The van der Waals surface area contributed by atoms with Gasteiger partial charge >= 0.3 is 0 Å². The van der Waals surface area contributed by atoms with Crippen LogP contribution in [-0.2, 0) is 0 Å². The highest BCUT2D eigenvalue weighted by Crippen LogP contribution is 2.36. The second-order valence-electron chi connectivity index (χ2n) is 5.21. The van der Waals surface area contributed by atoms with Crippen molar-refractivity contribution in [2.24, 2.45) is 10.9 Å². The van der Waals surface area contributed by atoms with Crippen LogP contribution in [0.4, 0.5) is 0 Å². The molecule has 0 spiro atoms. The van der Waals surface area contributed by atoms with Gasteiger partial charge in [0.2, 0.25) is 0 Å². The first-order valence-electron chi connectivity index (χ1n) is 5.56. The quantitative estimate of drug-likeness (QED) is 0.778. The molecule has 1 saturated carbocycles. The van der Waals surface area contributed by atoms with Crippen LogP contribution in [0.2, 0.25) is 0 Å². The predicted octanol–water partition coefficient (Wildman–Crippen LogP) is 2.65. The number of nitrogens with zero attached hydrogens (tertiary/aromatic N) is 1. The fourth-order valence-electron chi connectivity index (χ4n) is 1.72. The summed E-state index contributed by atoms with van der Waals surface area (Å²) >= 11 is 1.90. The van der Waals surface area contributed by atoms with Gasteiger partial charge in [-0.3, -0.25) is 4.99 Å². The van der Waals surface area contributed by atoms with E-state index in [9.17, 15) is 0 Å². The van der Waals surface area contributed by atoms with Crippen LogP contribution < -0.4 is 5.32 Å². The molecular weight excluding hydrogens is 192 g/mol. The smallest absolute Gasteiger partial charge is 0.157 e. The summed E-state index contributed by atoms with van der Waals surface area (Å²) in [7, 11) is 0. The number of nitrogens with one attached hydrogen (secondary N) is 1. The van der Waals surface area contributed by atoms with Crippen molar-refractivity contribution in [2.75, 3.05) is 5.75 Å². The van der Waals surface area contributed by atoms with Crippen LogP contribution in [0, 0.1) is 5.92 Å². The number of thioether (sulfide) groups is 1. The molecule has 14 heavy (non-hydrogen) atoms. The lowest BCUT2D eigenvalue weighted by atomic mass is 10.1. The van der Waals surface area contributed by atoms with Crippen molar-refractivity contribution >= 4 is 16.9 Å². The van der Waals surface area contributed by atoms with Crippen molar-refractivity contribution in [2.45, 2.75) is 51.6 Å². The molecule has 80 valence electrons. The maximum atomic E-state index is 4.72. The van der Waals surface area contributed by atoms with Gasteiger partial charge in [0.05, 0.1) is 6.04 Å². The lowest BCUT2D eigenvalue weighted by molar-refractivity contribution is 0.528. The van der Waals surface area contributed by atoms with Crippen molar-refractivity contribution in [1.82, 2.24) is 5.32 Å². The summed E-state index contributed by atoms with van der Waals surface area (Å²) in [4.78, 5) is 4.72. The fraction of sp³-hybridized carbons (Fsp3) is 0.909. The Kier molecular flexibility index (Phi) is 2.78. The van der Waals surface area contributed by atoms with E-state index in [0.717, 1.165) is 5.92 Å². The first kappa shape index (κ1) is 10.3. The summed E-state index contributed by atoms with van der Waals surface area (Å²) in [5.41, 5.74) is 0.387. The zero-order valence-electron chi connectivity index (χ0n) is 9.34. The molecule has 0 radical (unpaired) electrons. The normalized spacial score (nSPS) is 29.1. The predicted molar refractivity (Wildman–Crippen MR) is 63.9 cm³/mol. The van der Waals surface area contributed by atoms with Gasteiger partial charge < -0.3 is 5.32 Å². The molecule has 0 bridgehead atoms. The Bertz CT molecular complexity index is 244. The number of rotatable bonds is 3. The highest BCUT2D eigenvalue weighted by atomic mass is 32.2. The molecule has 1 unspecified atom stereocenters. The van der Waals surface area contributed by atoms with E-state index < -0.39 is 0 Å². The average Bonchev–Trinajstić information content (AvgIpc) is 2.61. The van der Waals surface area contributed by atoms with Crippen molar-refractivity contribution in [3.8, 4) is 0 Å². The number of amidine groups is 1. The Morgan fingerprint density at radius 3 is 2.86 bits per heavy atom. The van der Waals surface area contributed by atoms with Crippen molar-refractivity contribution in [3.63, 3.8) is 0 Å². The third-order valence-corrected chi connectivity index (χ3v) is 3.90.